The minimum atomic E-state index is -0.603. The molecule has 5 rings (SSSR count). The van der Waals surface area contributed by atoms with Crippen molar-refractivity contribution in [1.82, 2.24) is 25.3 Å². The number of benzene rings is 1. The molecule has 0 radical (unpaired) electrons. The Morgan fingerprint density at radius 2 is 1.81 bits per heavy atom. The lowest BCUT2D eigenvalue weighted by Gasteiger charge is -2.24. The Kier molecular flexibility index (Phi) is 6.72. The van der Waals surface area contributed by atoms with Crippen molar-refractivity contribution in [3.8, 4) is 17.0 Å². The van der Waals surface area contributed by atoms with E-state index in [2.05, 4.69) is 26.3 Å². The molecule has 1 amide bonds. The Morgan fingerprint density at radius 1 is 1.00 bits per heavy atom. The molecule has 0 aliphatic carbocycles. The molecule has 0 spiro atoms. The average molecular weight is 496 g/mol. The third-order valence-corrected chi connectivity index (χ3v) is 5.86. The van der Waals surface area contributed by atoms with E-state index in [0.29, 0.717) is 12.2 Å². The molecule has 8 heteroatoms. The highest BCUT2D eigenvalue weighted by molar-refractivity contribution is 5.86. The fraction of sp³-hybridized carbons (Fsp3) is 0.241. The van der Waals surface area contributed by atoms with Gasteiger partial charge < -0.3 is 19.8 Å². The molecule has 2 N–H and O–H groups in total. The molecule has 0 bridgehead atoms. The number of H-pyrrole nitrogens is 1. The van der Waals surface area contributed by atoms with Crippen molar-refractivity contribution in [2.45, 2.75) is 38.8 Å². The van der Waals surface area contributed by atoms with E-state index in [1.54, 1.807) is 24.8 Å². The van der Waals surface area contributed by atoms with Gasteiger partial charge in [-0.1, -0.05) is 18.2 Å². The van der Waals surface area contributed by atoms with E-state index in [0.717, 1.165) is 38.6 Å². The number of ether oxygens (including phenoxy) is 2. The molecule has 1 aromatic carbocycles. The largest absolute Gasteiger partial charge is 0.489 e. The average Bonchev–Trinajstić information content (AvgIpc) is 3.29. The highest BCUT2D eigenvalue weighted by atomic mass is 16.6. The number of pyridine rings is 3. The van der Waals surface area contributed by atoms with Crippen LogP contribution in [0.4, 0.5) is 4.79 Å². The number of carbonyl (C=O) groups is 1. The summed E-state index contributed by atoms with van der Waals surface area (Å²) in [5.41, 5.74) is 4.05. The Balaban J connectivity index is 1.38. The number of rotatable bonds is 7. The van der Waals surface area contributed by atoms with Gasteiger partial charge in [-0.05, 0) is 63.1 Å². The van der Waals surface area contributed by atoms with Gasteiger partial charge in [-0.3, -0.25) is 9.97 Å². The number of hydrogen-bond donors (Lipinski definition) is 2. The minimum Gasteiger partial charge on any atom is -0.489 e. The smallest absolute Gasteiger partial charge is 0.408 e. The molecule has 0 saturated heterocycles. The molecule has 0 aliphatic heterocycles. The maximum absolute atomic E-state index is 12.6. The summed E-state index contributed by atoms with van der Waals surface area (Å²) >= 11 is 0. The first-order chi connectivity index (χ1) is 17.9. The van der Waals surface area contributed by atoms with Crippen molar-refractivity contribution < 1.29 is 14.3 Å². The number of hydrogen-bond acceptors (Lipinski definition) is 6. The van der Waals surface area contributed by atoms with Crippen LogP contribution < -0.4 is 10.1 Å². The fourth-order valence-electron chi connectivity index (χ4n) is 4.21. The standard InChI is InChI=1S/C29H29N5O3/c1-29(2,3)37-28(35)33-21(14-20-15-32-25-7-5-4-6-22(20)25)18-36-27-17-31-16-26-23(27)8-9-24(34-26)19-10-12-30-13-11-19/h4-13,15-17,21,32H,14,18H2,1-3H3,(H,33,35)/t21-/m0/s1. The topological polar surface area (TPSA) is 102 Å². The summed E-state index contributed by atoms with van der Waals surface area (Å²) in [4.78, 5) is 29.1. The quantitative estimate of drug-likeness (QED) is 0.301. The van der Waals surface area contributed by atoms with Crippen molar-refractivity contribution in [2.24, 2.45) is 0 Å². The first kappa shape index (κ1) is 24.2. The number of fused-ring (bicyclic) bond motifs is 2. The van der Waals surface area contributed by atoms with Crippen LogP contribution >= 0.6 is 0 Å². The van der Waals surface area contributed by atoms with E-state index in [1.165, 1.54) is 0 Å². The summed E-state index contributed by atoms with van der Waals surface area (Å²) in [6, 6.07) is 15.5. The number of carbonyl (C=O) groups excluding carboxylic acids is 1. The molecule has 5 aromatic rings. The number of para-hydroxylation sites is 1. The minimum absolute atomic E-state index is 0.228. The summed E-state index contributed by atoms with van der Waals surface area (Å²) in [5.74, 6) is 0.598. The fourth-order valence-corrected chi connectivity index (χ4v) is 4.21. The maximum atomic E-state index is 12.6. The Bertz CT molecular complexity index is 1530. The lowest BCUT2D eigenvalue weighted by Crippen LogP contribution is -2.43. The Labute approximate surface area is 215 Å². The van der Waals surface area contributed by atoms with Gasteiger partial charge in [0.05, 0.1) is 29.6 Å². The zero-order chi connectivity index (χ0) is 25.8. The van der Waals surface area contributed by atoms with Gasteiger partial charge in [0.25, 0.3) is 0 Å². The van der Waals surface area contributed by atoms with E-state index < -0.39 is 11.7 Å². The summed E-state index contributed by atoms with van der Waals surface area (Å²) in [6.07, 6.45) is 8.92. The summed E-state index contributed by atoms with van der Waals surface area (Å²) in [7, 11) is 0. The number of aromatic amines is 1. The van der Waals surface area contributed by atoms with E-state index in [-0.39, 0.29) is 12.6 Å². The van der Waals surface area contributed by atoms with Crippen molar-refractivity contribution in [3.05, 3.63) is 85.1 Å². The van der Waals surface area contributed by atoms with Crippen LogP contribution in [0, 0.1) is 0 Å². The first-order valence-corrected chi connectivity index (χ1v) is 12.2. The van der Waals surface area contributed by atoms with Crippen molar-refractivity contribution >= 4 is 27.9 Å². The second-order valence-corrected chi connectivity index (χ2v) is 9.85. The molecular weight excluding hydrogens is 466 g/mol. The number of alkyl carbamates (subject to hydrolysis) is 1. The molecule has 188 valence electrons. The Morgan fingerprint density at radius 3 is 2.62 bits per heavy atom. The molecular formula is C29H29N5O3. The molecule has 0 saturated carbocycles. The van der Waals surface area contributed by atoms with Crippen LogP contribution in [0.2, 0.25) is 0 Å². The number of amides is 1. The van der Waals surface area contributed by atoms with E-state index in [9.17, 15) is 4.79 Å². The highest BCUT2D eigenvalue weighted by Gasteiger charge is 2.22. The van der Waals surface area contributed by atoms with Gasteiger partial charge in [0.15, 0.2) is 0 Å². The van der Waals surface area contributed by atoms with E-state index >= 15 is 0 Å². The number of nitrogens with zero attached hydrogens (tertiary/aromatic N) is 3. The molecule has 8 nitrogen and oxygen atoms in total. The van der Waals surface area contributed by atoms with Gasteiger partial charge in [-0.15, -0.1) is 0 Å². The summed E-state index contributed by atoms with van der Waals surface area (Å²) < 4.78 is 11.7. The molecule has 0 fully saturated rings. The molecule has 0 aliphatic rings. The van der Waals surface area contributed by atoms with Gasteiger partial charge in [-0.2, -0.15) is 0 Å². The molecule has 4 heterocycles. The van der Waals surface area contributed by atoms with Gasteiger partial charge in [0.2, 0.25) is 0 Å². The van der Waals surface area contributed by atoms with Gasteiger partial charge in [0.1, 0.15) is 18.0 Å². The summed E-state index contributed by atoms with van der Waals surface area (Å²) in [5, 5.41) is 4.94. The third kappa shape index (κ3) is 5.86. The van der Waals surface area contributed by atoms with Crippen LogP contribution in [0.1, 0.15) is 26.3 Å². The first-order valence-electron chi connectivity index (χ1n) is 12.2. The summed E-state index contributed by atoms with van der Waals surface area (Å²) in [6.45, 7) is 5.75. The second-order valence-electron chi connectivity index (χ2n) is 9.85. The zero-order valence-corrected chi connectivity index (χ0v) is 21.1. The van der Waals surface area contributed by atoms with Crippen LogP contribution in [0.3, 0.4) is 0 Å². The van der Waals surface area contributed by atoms with Crippen molar-refractivity contribution in [1.29, 1.82) is 0 Å². The second kappa shape index (κ2) is 10.3. The highest BCUT2D eigenvalue weighted by Crippen LogP contribution is 2.27. The van der Waals surface area contributed by atoms with Crippen LogP contribution in [0.15, 0.2) is 79.5 Å². The predicted molar refractivity (Wildman–Crippen MR) is 143 cm³/mol. The molecule has 0 unspecified atom stereocenters. The van der Waals surface area contributed by atoms with E-state index in [1.807, 2.05) is 69.4 Å². The molecule has 37 heavy (non-hydrogen) atoms. The Hall–Kier alpha value is -4.46. The predicted octanol–water partition coefficient (Wildman–Crippen LogP) is 5.69. The number of nitrogens with one attached hydrogen (secondary N) is 2. The molecule has 4 aromatic heterocycles. The van der Waals surface area contributed by atoms with Crippen LogP contribution in [0.5, 0.6) is 5.75 Å². The lowest BCUT2D eigenvalue weighted by molar-refractivity contribution is 0.0488. The van der Waals surface area contributed by atoms with Gasteiger partial charge >= 0.3 is 6.09 Å². The SMILES string of the molecule is CC(C)(C)OC(=O)N[C@H](COc1cncc2nc(-c3ccncc3)ccc12)Cc1c[nH]c2ccccc12. The van der Waals surface area contributed by atoms with Gasteiger partial charge in [0, 0.05) is 40.4 Å². The third-order valence-electron chi connectivity index (χ3n) is 5.86. The van der Waals surface area contributed by atoms with Crippen molar-refractivity contribution in [3.63, 3.8) is 0 Å². The lowest BCUT2D eigenvalue weighted by atomic mass is 10.1. The van der Waals surface area contributed by atoms with Crippen molar-refractivity contribution in [2.75, 3.05) is 6.61 Å². The van der Waals surface area contributed by atoms with E-state index in [4.69, 9.17) is 14.5 Å². The van der Waals surface area contributed by atoms with Crippen LogP contribution in [-0.4, -0.2) is 44.3 Å². The maximum Gasteiger partial charge on any atom is 0.408 e. The monoisotopic (exact) mass is 495 g/mol. The normalized spacial score (nSPS) is 12.4. The number of aromatic nitrogens is 4. The zero-order valence-electron chi connectivity index (χ0n) is 21.1. The molecule has 1 atom stereocenters. The van der Waals surface area contributed by atoms with Crippen LogP contribution in [0.25, 0.3) is 33.1 Å². The van der Waals surface area contributed by atoms with Gasteiger partial charge in [-0.25, -0.2) is 9.78 Å². The van der Waals surface area contributed by atoms with Crippen LogP contribution in [-0.2, 0) is 11.2 Å².